The quantitative estimate of drug-likeness (QED) is 0.228. The molecular formula is C25H18ClN3O6S. The first-order valence-electron chi connectivity index (χ1n) is 10.5. The van der Waals surface area contributed by atoms with E-state index in [1.807, 2.05) is 0 Å². The lowest BCUT2D eigenvalue weighted by Gasteiger charge is -2.21. The highest BCUT2D eigenvalue weighted by atomic mass is 35.5. The van der Waals surface area contributed by atoms with E-state index in [1.54, 1.807) is 48.7 Å². The third-order valence-corrected chi connectivity index (χ3v) is 6.08. The van der Waals surface area contributed by atoms with E-state index in [-0.39, 0.29) is 27.4 Å². The van der Waals surface area contributed by atoms with Crippen LogP contribution in [0, 0.1) is 13.8 Å². The third-order valence-electron chi connectivity index (χ3n) is 5.64. The maximum absolute atomic E-state index is 12.9. The summed E-state index contributed by atoms with van der Waals surface area (Å²) < 4.78 is 1.66. The predicted molar refractivity (Wildman–Crippen MR) is 136 cm³/mol. The van der Waals surface area contributed by atoms with Crippen LogP contribution in [-0.4, -0.2) is 43.6 Å². The first-order chi connectivity index (χ1) is 17.0. The van der Waals surface area contributed by atoms with Gasteiger partial charge >= 0.3 is 11.9 Å². The van der Waals surface area contributed by atoms with Gasteiger partial charge in [-0.15, -0.1) is 0 Å². The summed E-state index contributed by atoms with van der Waals surface area (Å²) >= 11 is 11.1. The van der Waals surface area contributed by atoms with Crippen molar-refractivity contribution in [3.63, 3.8) is 0 Å². The monoisotopic (exact) mass is 523 g/mol. The fourth-order valence-corrected chi connectivity index (χ4v) is 4.55. The minimum atomic E-state index is -1.28. The van der Waals surface area contributed by atoms with Crippen LogP contribution in [0.3, 0.4) is 0 Å². The predicted octanol–water partition coefficient (Wildman–Crippen LogP) is 3.48. The molecule has 0 spiro atoms. The summed E-state index contributed by atoms with van der Waals surface area (Å²) in [4.78, 5) is 49.1. The Labute approximate surface area is 215 Å². The summed E-state index contributed by atoms with van der Waals surface area (Å²) in [6.07, 6.45) is 0. The van der Waals surface area contributed by atoms with Crippen LogP contribution in [0.1, 0.15) is 43.2 Å². The molecule has 1 aromatic heterocycles. The first-order valence-corrected chi connectivity index (χ1v) is 11.2. The Kier molecular flexibility index (Phi) is 6.49. The largest absolute Gasteiger partial charge is 0.478 e. The summed E-state index contributed by atoms with van der Waals surface area (Å²) in [6, 6.07) is 12.1. The molecule has 4 rings (SSSR count). The van der Waals surface area contributed by atoms with Gasteiger partial charge in [0.1, 0.15) is 5.57 Å². The summed E-state index contributed by atoms with van der Waals surface area (Å²) in [6.45, 7) is 3.45. The molecule has 0 atom stereocenters. The van der Waals surface area contributed by atoms with Crippen molar-refractivity contribution in [2.24, 2.45) is 0 Å². The van der Waals surface area contributed by atoms with E-state index in [2.05, 4.69) is 10.6 Å². The van der Waals surface area contributed by atoms with E-state index < -0.39 is 23.8 Å². The molecule has 1 fully saturated rings. The SMILES string of the molecule is Cc1cc(C(=C2C(=O)NC(=S)NC2=O)c2cccc(Cl)c2)c(C)n1-c1cc(C(=O)O)cc(C(=O)O)c1. The van der Waals surface area contributed by atoms with Gasteiger partial charge in [0.05, 0.1) is 11.1 Å². The molecule has 4 N–H and O–H groups in total. The van der Waals surface area contributed by atoms with Crippen molar-refractivity contribution in [1.82, 2.24) is 15.2 Å². The highest BCUT2D eigenvalue weighted by Gasteiger charge is 2.32. The number of aryl methyl sites for hydroxylation is 1. The van der Waals surface area contributed by atoms with Gasteiger partial charge in [-0.3, -0.25) is 20.2 Å². The topological polar surface area (TPSA) is 138 Å². The van der Waals surface area contributed by atoms with Gasteiger partial charge in [-0.1, -0.05) is 23.7 Å². The van der Waals surface area contributed by atoms with E-state index in [4.69, 9.17) is 23.8 Å². The van der Waals surface area contributed by atoms with Gasteiger partial charge in [0.2, 0.25) is 0 Å². The lowest BCUT2D eigenvalue weighted by molar-refractivity contribution is -0.123. The average molecular weight is 524 g/mol. The number of halogens is 1. The molecule has 0 radical (unpaired) electrons. The van der Waals surface area contributed by atoms with Crippen LogP contribution in [-0.2, 0) is 9.59 Å². The number of aromatic nitrogens is 1. The van der Waals surface area contributed by atoms with Crippen molar-refractivity contribution in [3.8, 4) is 5.69 Å². The van der Waals surface area contributed by atoms with Gasteiger partial charge in [-0.05, 0) is 68.0 Å². The van der Waals surface area contributed by atoms with Gasteiger partial charge < -0.3 is 14.8 Å². The number of rotatable bonds is 5. The normalized spacial score (nSPS) is 13.3. The number of nitrogens with one attached hydrogen (secondary N) is 2. The number of amides is 2. The fourth-order valence-electron chi connectivity index (χ4n) is 4.17. The highest BCUT2D eigenvalue weighted by Crippen LogP contribution is 2.35. The zero-order chi connectivity index (χ0) is 26.3. The summed E-state index contributed by atoms with van der Waals surface area (Å²) in [7, 11) is 0. The maximum Gasteiger partial charge on any atom is 0.335 e. The summed E-state index contributed by atoms with van der Waals surface area (Å²) in [5.74, 6) is -3.94. The molecule has 0 saturated carbocycles. The Morgan fingerprint density at radius 2 is 1.47 bits per heavy atom. The van der Waals surface area contributed by atoms with Gasteiger partial charge in [0.15, 0.2) is 5.11 Å². The van der Waals surface area contributed by atoms with Crippen LogP contribution in [0.15, 0.2) is 54.1 Å². The minimum absolute atomic E-state index is 0.114. The van der Waals surface area contributed by atoms with E-state index in [9.17, 15) is 29.4 Å². The van der Waals surface area contributed by atoms with Crippen LogP contribution in [0.5, 0.6) is 0 Å². The standard InChI is InChI=1S/C25H18ClN3O6S/c1-11-6-18(12(2)29(11)17-9-14(23(32)33)7-15(10-17)24(34)35)19(13-4-3-5-16(26)8-13)20-21(30)27-25(36)28-22(20)31/h3-10H,1-2H3,(H,32,33)(H,34,35)(H2,27,28,30,31,36). The molecule has 2 heterocycles. The molecule has 2 aromatic carbocycles. The number of carboxylic acids is 2. The lowest BCUT2D eigenvalue weighted by atomic mass is 9.91. The Morgan fingerprint density at radius 1 is 0.889 bits per heavy atom. The Balaban J connectivity index is 2.03. The van der Waals surface area contributed by atoms with Crippen molar-refractivity contribution < 1.29 is 29.4 Å². The molecule has 0 bridgehead atoms. The molecule has 36 heavy (non-hydrogen) atoms. The van der Waals surface area contributed by atoms with Gasteiger partial charge in [0, 0.05) is 33.2 Å². The molecule has 182 valence electrons. The van der Waals surface area contributed by atoms with Crippen LogP contribution in [0.4, 0.5) is 0 Å². The van der Waals surface area contributed by atoms with Crippen LogP contribution < -0.4 is 10.6 Å². The zero-order valence-electron chi connectivity index (χ0n) is 18.9. The third kappa shape index (κ3) is 4.51. The van der Waals surface area contributed by atoms with Crippen molar-refractivity contribution in [2.45, 2.75) is 13.8 Å². The van der Waals surface area contributed by atoms with Crippen molar-refractivity contribution in [3.05, 3.63) is 92.8 Å². The second-order valence-corrected chi connectivity index (χ2v) is 8.84. The Morgan fingerprint density at radius 3 is 2.00 bits per heavy atom. The van der Waals surface area contributed by atoms with Crippen LogP contribution >= 0.6 is 23.8 Å². The van der Waals surface area contributed by atoms with Crippen LogP contribution in [0.25, 0.3) is 11.3 Å². The first kappa shape index (κ1) is 24.8. The van der Waals surface area contributed by atoms with E-state index >= 15 is 0 Å². The summed E-state index contributed by atoms with van der Waals surface area (Å²) in [5.41, 5.74) is 2.10. The smallest absolute Gasteiger partial charge is 0.335 e. The number of thiocarbonyl (C=S) groups is 1. The molecule has 0 unspecified atom stereocenters. The highest BCUT2D eigenvalue weighted by molar-refractivity contribution is 7.80. The molecule has 3 aromatic rings. The van der Waals surface area contributed by atoms with Crippen LogP contribution in [0.2, 0.25) is 5.02 Å². The molecule has 2 amide bonds. The fraction of sp³-hybridized carbons (Fsp3) is 0.0800. The average Bonchev–Trinajstić information content (AvgIpc) is 3.09. The lowest BCUT2D eigenvalue weighted by Crippen LogP contribution is -2.51. The molecule has 1 aliphatic heterocycles. The maximum atomic E-state index is 12.9. The van der Waals surface area contributed by atoms with E-state index in [0.717, 1.165) is 6.07 Å². The van der Waals surface area contributed by atoms with Crippen molar-refractivity contribution in [2.75, 3.05) is 0 Å². The molecule has 11 heteroatoms. The van der Waals surface area contributed by atoms with Gasteiger partial charge in [-0.25, -0.2) is 9.59 Å². The summed E-state index contributed by atoms with van der Waals surface area (Å²) in [5, 5.41) is 24.1. The number of carboxylic acid groups (broad SMARTS) is 2. The van der Waals surface area contributed by atoms with Crippen molar-refractivity contribution >= 4 is 58.3 Å². The van der Waals surface area contributed by atoms with Crippen molar-refractivity contribution in [1.29, 1.82) is 0 Å². The second-order valence-electron chi connectivity index (χ2n) is 8.00. The van der Waals surface area contributed by atoms with E-state index in [0.29, 0.717) is 33.2 Å². The minimum Gasteiger partial charge on any atom is -0.478 e. The molecule has 1 aliphatic rings. The number of carbonyl (C=O) groups is 4. The number of hydrogen-bond donors (Lipinski definition) is 4. The number of nitrogens with zero attached hydrogens (tertiary/aromatic N) is 1. The van der Waals surface area contributed by atoms with Gasteiger partial charge in [-0.2, -0.15) is 0 Å². The molecule has 9 nitrogen and oxygen atoms in total. The Bertz CT molecular complexity index is 1480. The Hall–Kier alpha value is -4.28. The molecule has 0 aliphatic carbocycles. The molecule has 1 saturated heterocycles. The zero-order valence-corrected chi connectivity index (χ0v) is 20.5. The van der Waals surface area contributed by atoms with E-state index in [1.165, 1.54) is 12.1 Å². The number of benzene rings is 2. The second kappa shape index (κ2) is 9.40. The van der Waals surface area contributed by atoms with Gasteiger partial charge in [0.25, 0.3) is 11.8 Å². The number of hydrogen-bond acceptors (Lipinski definition) is 5. The molecular weight excluding hydrogens is 506 g/mol. The number of carbonyl (C=O) groups excluding carboxylic acids is 2. The number of aromatic carboxylic acids is 2.